The van der Waals surface area contributed by atoms with Crippen molar-refractivity contribution in [3.63, 3.8) is 0 Å². The highest BCUT2D eigenvalue weighted by molar-refractivity contribution is 6.30. The molecule has 8 heteroatoms. The van der Waals surface area contributed by atoms with E-state index in [4.69, 9.17) is 26.6 Å². The summed E-state index contributed by atoms with van der Waals surface area (Å²) in [6.07, 6.45) is -0.0893. The third-order valence-electron chi connectivity index (χ3n) is 3.96. The number of primary amides is 1. The van der Waals surface area contributed by atoms with Crippen molar-refractivity contribution in [3.05, 3.63) is 76.9 Å². The molecule has 144 valence electrons. The van der Waals surface area contributed by atoms with Crippen molar-refractivity contribution in [3.8, 4) is 11.3 Å². The van der Waals surface area contributed by atoms with Crippen LogP contribution in [0.4, 0.5) is 4.79 Å². The maximum atomic E-state index is 12.2. The van der Waals surface area contributed by atoms with Crippen LogP contribution in [-0.2, 0) is 16.1 Å². The second-order valence-electron chi connectivity index (χ2n) is 6.03. The van der Waals surface area contributed by atoms with Gasteiger partial charge in [0.2, 0.25) is 0 Å². The lowest BCUT2D eigenvalue weighted by Gasteiger charge is -2.17. The van der Waals surface area contributed by atoms with Gasteiger partial charge < -0.3 is 20.3 Å². The fraction of sp³-hybridized carbons (Fsp3) is 0.150. The predicted molar refractivity (Wildman–Crippen MR) is 103 cm³/mol. The SMILES string of the molecule is NC(=O)N[C@H](CC(=O)OCc1cc(-c2ccccc2)on1)c1ccc(Cl)cc1. The first-order chi connectivity index (χ1) is 13.5. The molecule has 0 unspecified atom stereocenters. The normalized spacial score (nSPS) is 11.6. The summed E-state index contributed by atoms with van der Waals surface area (Å²) in [5, 5.41) is 6.98. The average Bonchev–Trinajstić information content (AvgIpc) is 3.16. The number of esters is 1. The number of carbonyl (C=O) groups is 2. The number of ether oxygens (including phenoxy) is 1. The van der Waals surface area contributed by atoms with E-state index in [-0.39, 0.29) is 13.0 Å². The third kappa shape index (κ3) is 5.34. The van der Waals surface area contributed by atoms with Crippen LogP contribution >= 0.6 is 11.6 Å². The zero-order valence-electron chi connectivity index (χ0n) is 14.8. The van der Waals surface area contributed by atoms with Crippen LogP contribution in [0, 0.1) is 0 Å². The highest BCUT2D eigenvalue weighted by Gasteiger charge is 2.19. The molecule has 0 aliphatic carbocycles. The van der Waals surface area contributed by atoms with E-state index in [0.717, 1.165) is 5.56 Å². The molecular weight excluding hydrogens is 382 g/mol. The molecule has 2 amide bonds. The molecule has 0 spiro atoms. The Morgan fingerprint density at radius 1 is 1.14 bits per heavy atom. The van der Waals surface area contributed by atoms with Crippen LogP contribution in [0.1, 0.15) is 23.7 Å². The quantitative estimate of drug-likeness (QED) is 0.587. The maximum absolute atomic E-state index is 12.2. The molecule has 0 aliphatic heterocycles. The van der Waals surface area contributed by atoms with E-state index >= 15 is 0 Å². The molecule has 3 rings (SSSR count). The molecule has 3 aromatic rings. The highest BCUT2D eigenvalue weighted by atomic mass is 35.5. The molecule has 0 saturated heterocycles. The third-order valence-corrected chi connectivity index (χ3v) is 4.21. The molecule has 1 aromatic heterocycles. The molecule has 2 aromatic carbocycles. The van der Waals surface area contributed by atoms with Gasteiger partial charge in [0, 0.05) is 16.7 Å². The van der Waals surface area contributed by atoms with Gasteiger partial charge in [0.1, 0.15) is 12.3 Å². The van der Waals surface area contributed by atoms with E-state index < -0.39 is 18.0 Å². The van der Waals surface area contributed by atoms with Crippen molar-refractivity contribution in [1.29, 1.82) is 0 Å². The predicted octanol–water partition coefficient (Wildman–Crippen LogP) is 3.84. The van der Waals surface area contributed by atoms with E-state index in [2.05, 4.69) is 10.5 Å². The Morgan fingerprint density at radius 2 is 1.86 bits per heavy atom. The molecule has 0 fully saturated rings. The molecule has 0 radical (unpaired) electrons. The lowest BCUT2D eigenvalue weighted by Crippen LogP contribution is -2.34. The first-order valence-corrected chi connectivity index (χ1v) is 8.87. The van der Waals surface area contributed by atoms with Gasteiger partial charge in [-0.05, 0) is 17.7 Å². The van der Waals surface area contributed by atoms with Gasteiger partial charge in [0.25, 0.3) is 0 Å². The Kier molecular flexibility index (Phi) is 6.29. The van der Waals surface area contributed by atoms with Gasteiger partial charge in [-0.3, -0.25) is 4.79 Å². The Bertz CT molecular complexity index is 942. The van der Waals surface area contributed by atoms with Crippen LogP contribution in [0.2, 0.25) is 5.02 Å². The number of carbonyl (C=O) groups excluding carboxylic acids is 2. The summed E-state index contributed by atoms with van der Waals surface area (Å²) in [5.41, 5.74) is 7.26. The summed E-state index contributed by atoms with van der Waals surface area (Å²) in [6, 6.07) is 16.6. The number of hydrogen-bond acceptors (Lipinski definition) is 5. The second kappa shape index (κ2) is 9.05. The molecule has 7 nitrogen and oxygen atoms in total. The smallest absolute Gasteiger partial charge is 0.312 e. The molecule has 28 heavy (non-hydrogen) atoms. The monoisotopic (exact) mass is 399 g/mol. The van der Waals surface area contributed by atoms with Crippen LogP contribution < -0.4 is 11.1 Å². The number of urea groups is 1. The molecular formula is C20H18ClN3O4. The number of aromatic nitrogens is 1. The Morgan fingerprint density at radius 3 is 2.54 bits per heavy atom. The summed E-state index contributed by atoms with van der Waals surface area (Å²) in [5.74, 6) is 0.0686. The lowest BCUT2D eigenvalue weighted by molar-refractivity contribution is -0.145. The molecule has 0 bridgehead atoms. The first kappa shape index (κ1) is 19.4. The van der Waals surface area contributed by atoms with Gasteiger partial charge in [-0.1, -0.05) is 59.2 Å². The number of hydrogen-bond donors (Lipinski definition) is 2. The van der Waals surface area contributed by atoms with E-state index in [0.29, 0.717) is 22.0 Å². The van der Waals surface area contributed by atoms with Crippen molar-refractivity contribution in [2.75, 3.05) is 0 Å². The Labute approximate surface area is 166 Å². The second-order valence-corrected chi connectivity index (χ2v) is 6.46. The first-order valence-electron chi connectivity index (χ1n) is 8.49. The fourth-order valence-corrected chi connectivity index (χ4v) is 2.74. The van der Waals surface area contributed by atoms with Crippen LogP contribution in [0.25, 0.3) is 11.3 Å². The van der Waals surface area contributed by atoms with Crippen molar-refractivity contribution < 1.29 is 18.8 Å². The molecule has 1 heterocycles. The molecule has 1 atom stereocenters. The van der Waals surface area contributed by atoms with Gasteiger partial charge in [0.05, 0.1) is 12.5 Å². The zero-order chi connectivity index (χ0) is 19.9. The molecule has 0 aliphatic rings. The topological polar surface area (TPSA) is 107 Å². The minimum absolute atomic E-state index is 0.0426. The summed E-state index contributed by atoms with van der Waals surface area (Å²) in [4.78, 5) is 23.5. The number of amides is 2. The minimum Gasteiger partial charge on any atom is -0.459 e. The van der Waals surface area contributed by atoms with Gasteiger partial charge >= 0.3 is 12.0 Å². The van der Waals surface area contributed by atoms with Crippen LogP contribution in [0.3, 0.4) is 0 Å². The number of rotatable bonds is 7. The zero-order valence-corrected chi connectivity index (χ0v) is 15.6. The largest absolute Gasteiger partial charge is 0.459 e. The van der Waals surface area contributed by atoms with E-state index in [1.54, 1.807) is 30.3 Å². The lowest BCUT2D eigenvalue weighted by atomic mass is 10.0. The fourth-order valence-electron chi connectivity index (χ4n) is 2.62. The number of benzene rings is 2. The van der Waals surface area contributed by atoms with Gasteiger partial charge in [-0.2, -0.15) is 0 Å². The van der Waals surface area contributed by atoms with Crippen molar-refractivity contribution in [2.45, 2.75) is 19.1 Å². The van der Waals surface area contributed by atoms with E-state index in [9.17, 15) is 9.59 Å². The van der Waals surface area contributed by atoms with Gasteiger partial charge in [-0.25, -0.2) is 4.79 Å². The van der Waals surface area contributed by atoms with Gasteiger partial charge in [-0.15, -0.1) is 0 Å². The molecule has 3 N–H and O–H groups in total. The highest BCUT2D eigenvalue weighted by Crippen LogP contribution is 2.22. The summed E-state index contributed by atoms with van der Waals surface area (Å²) < 4.78 is 10.5. The number of nitrogens with two attached hydrogens (primary N) is 1. The number of nitrogens with zero attached hydrogens (tertiary/aromatic N) is 1. The van der Waals surface area contributed by atoms with E-state index in [1.165, 1.54) is 0 Å². The summed E-state index contributed by atoms with van der Waals surface area (Å²) in [7, 11) is 0. The number of halogens is 1. The van der Waals surface area contributed by atoms with Gasteiger partial charge in [0.15, 0.2) is 5.76 Å². The Hall–Kier alpha value is -3.32. The Balaban J connectivity index is 1.59. The van der Waals surface area contributed by atoms with Crippen LogP contribution in [-0.4, -0.2) is 17.2 Å². The number of nitrogens with one attached hydrogen (secondary N) is 1. The summed E-state index contributed by atoms with van der Waals surface area (Å²) in [6.45, 7) is -0.0426. The summed E-state index contributed by atoms with van der Waals surface area (Å²) >= 11 is 5.87. The van der Waals surface area contributed by atoms with Crippen LogP contribution in [0.15, 0.2) is 65.2 Å². The maximum Gasteiger partial charge on any atom is 0.312 e. The molecule has 0 saturated carbocycles. The van der Waals surface area contributed by atoms with Crippen LogP contribution in [0.5, 0.6) is 0 Å². The van der Waals surface area contributed by atoms with Crippen molar-refractivity contribution in [2.24, 2.45) is 5.73 Å². The minimum atomic E-state index is -0.739. The average molecular weight is 400 g/mol. The van der Waals surface area contributed by atoms with Crippen molar-refractivity contribution >= 4 is 23.6 Å². The van der Waals surface area contributed by atoms with E-state index in [1.807, 2.05) is 30.3 Å². The van der Waals surface area contributed by atoms with Crippen molar-refractivity contribution in [1.82, 2.24) is 10.5 Å². The standard InChI is InChI=1S/C20H18ClN3O4/c21-15-8-6-13(7-9-15)17(23-20(22)26)11-19(25)27-12-16-10-18(28-24-16)14-4-2-1-3-5-14/h1-10,17H,11-12H2,(H3,22,23,26)/t17-/m1/s1.